The van der Waals surface area contributed by atoms with Crippen molar-refractivity contribution in [3.63, 3.8) is 0 Å². The van der Waals surface area contributed by atoms with Gasteiger partial charge in [-0.3, -0.25) is 0 Å². The van der Waals surface area contributed by atoms with Gasteiger partial charge in [0.25, 0.3) is 0 Å². The van der Waals surface area contributed by atoms with Crippen LogP contribution in [0.4, 0.5) is 0 Å². The molecule has 0 unspecified atom stereocenters. The van der Waals surface area contributed by atoms with Crippen molar-refractivity contribution in [1.82, 2.24) is 0 Å². The predicted molar refractivity (Wildman–Crippen MR) is 80.1 cm³/mol. The standard InChI is InChI=1S/C17H31/c1-3-5-7-9-11-13-15-17-16-14-12-10-8-6-4-2/h3,5,7,9H,1,4,6,8,10-17H2,2H3. The summed E-state index contributed by atoms with van der Waals surface area (Å²) in [5, 5.41) is 0. The van der Waals surface area contributed by atoms with Gasteiger partial charge in [-0.1, -0.05) is 89.0 Å². The molecular formula is C17H31. The predicted octanol–water partition coefficient (Wildman–Crippen LogP) is 6.24. The van der Waals surface area contributed by atoms with Crippen molar-refractivity contribution in [2.24, 2.45) is 0 Å². The first-order valence-corrected chi connectivity index (χ1v) is 7.52. The van der Waals surface area contributed by atoms with Crippen molar-refractivity contribution in [3.05, 3.63) is 31.2 Å². The lowest BCUT2D eigenvalue weighted by atomic mass is 10.1. The van der Waals surface area contributed by atoms with E-state index in [2.05, 4.69) is 26.0 Å². The van der Waals surface area contributed by atoms with Crippen LogP contribution in [0.5, 0.6) is 0 Å². The number of hydrogen-bond donors (Lipinski definition) is 0. The molecule has 0 spiro atoms. The van der Waals surface area contributed by atoms with Gasteiger partial charge in [-0.05, 0) is 19.8 Å². The minimum absolute atomic E-state index is 1.22. The Bertz CT molecular complexity index is 176. The molecule has 0 heterocycles. The molecular weight excluding hydrogens is 204 g/mol. The van der Waals surface area contributed by atoms with E-state index in [0.717, 1.165) is 0 Å². The molecule has 0 aromatic rings. The van der Waals surface area contributed by atoms with Crippen LogP contribution in [0.15, 0.2) is 24.3 Å². The Hall–Kier alpha value is -0.520. The van der Waals surface area contributed by atoms with Crippen LogP contribution in [0.2, 0.25) is 0 Å². The normalized spacial score (nSPS) is 11.9. The van der Waals surface area contributed by atoms with Crippen LogP contribution >= 0.6 is 0 Å². The van der Waals surface area contributed by atoms with E-state index in [1.807, 2.05) is 12.2 Å². The third-order valence-corrected chi connectivity index (χ3v) is 3.11. The molecule has 0 atom stereocenters. The molecule has 0 aliphatic heterocycles. The van der Waals surface area contributed by atoms with Gasteiger partial charge in [0.2, 0.25) is 0 Å². The van der Waals surface area contributed by atoms with Gasteiger partial charge in [0.05, 0.1) is 0 Å². The summed E-state index contributed by atoms with van der Waals surface area (Å²) in [4.78, 5) is 0. The van der Waals surface area contributed by atoms with E-state index in [1.54, 1.807) is 0 Å². The minimum atomic E-state index is 1.22. The zero-order valence-corrected chi connectivity index (χ0v) is 11.8. The van der Waals surface area contributed by atoms with Crippen LogP contribution in [0.3, 0.4) is 0 Å². The molecule has 0 amide bonds. The van der Waals surface area contributed by atoms with E-state index in [9.17, 15) is 0 Å². The Morgan fingerprint density at radius 1 is 0.706 bits per heavy atom. The van der Waals surface area contributed by atoms with Crippen molar-refractivity contribution >= 4 is 0 Å². The molecule has 0 aromatic carbocycles. The molecule has 0 saturated carbocycles. The number of allylic oxidation sites excluding steroid dienone is 4. The van der Waals surface area contributed by atoms with Crippen LogP contribution in [0.25, 0.3) is 0 Å². The van der Waals surface area contributed by atoms with E-state index in [-0.39, 0.29) is 0 Å². The Kier molecular flexibility index (Phi) is 15.0. The van der Waals surface area contributed by atoms with E-state index in [1.165, 1.54) is 70.6 Å². The smallest absolute Gasteiger partial charge is 0.0313 e. The molecule has 0 heteroatoms. The maximum absolute atomic E-state index is 3.65. The van der Waals surface area contributed by atoms with Crippen molar-refractivity contribution in [1.29, 1.82) is 0 Å². The lowest BCUT2D eigenvalue weighted by Gasteiger charge is -2.01. The Morgan fingerprint density at radius 3 is 1.76 bits per heavy atom. The first-order chi connectivity index (χ1) is 8.41. The largest absolute Gasteiger partial charge is 0.0845 e. The molecule has 0 N–H and O–H groups in total. The molecule has 99 valence electrons. The van der Waals surface area contributed by atoms with Gasteiger partial charge >= 0.3 is 0 Å². The summed E-state index contributed by atoms with van der Waals surface area (Å²) in [5.41, 5.74) is 0. The lowest BCUT2D eigenvalue weighted by Crippen LogP contribution is -1.81. The second-order valence-corrected chi connectivity index (χ2v) is 4.83. The first kappa shape index (κ1) is 16.5. The minimum Gasteiger partial charge on any atom is -0.0845 e. The summed E-state index contributed by atoms with van der Waals surface area (Å²) >= 11 is 0. The van der Waals surface area contributed by atoms with E-state index >= 15 is 0 Å². The van der Waals surface area contributed by atoms with Gasteiger partial charge in [-0.25, -0.2) is 0 Å². The van der Waals surface area contributed by atoms with Crippen LogP contribution < -0.4 is 0 Å². The SMILES string of the molecule is [CH2]C=CC=CCCCCCCCCCCCC. The lowest BCUT2D eigenvalue weighted by molar-refractivity contribution is 0.557. The monoisotopic (exact) mass is 235 g/mol. The van der Waals surface area contributed by atoms with Crippen molar-refractivity contribution in [2.75, 3.05) is 0 Å². The average Bonchev–Trinajstić information content (AvgIpc) is 2.35. The highest BCUT2D eigenvalue weighted by Crippen LogP contribution is 2.11. The zero-order valence-electron chi connectivity index (χ0n) is 11.8. The Morgan fingerprint density at radius 2 is 1.24 bits per heavy atom. The van der Waals surface area contributed by atoms with Gasteiger partial charge in [-0.15, -0.1) is 0 Å². The maximum atomic E-state index is 3.65. The average molecular weight is 235 g/mol. The molecule has 0 aliphatic carbocycles. The van der Waals surface area contributed by atoms with Crippen molar-refractivity contribution in [2.45, 2.75) is 77.6 Å². The topological polar surface area (TPSA) is 0 Å². The second kappa shape index (κ2) is 15.5. The molecule has 1 radical (unpaired) electrons. The van der Waals surface area contributed by atoms with Crippen molar-refractivity contribution < 1.29 is 0 Å². The summed E-state index contributed by atoms with van der Waals surface area (Å²) in [6, 6.07) is 0. The van der Waals surface area contributed by atoms with E-state index < -0.39 is 0 Å². The Labute approximate surface area is 109 Å². The number of hydrogen-bond acceptors (Lipinski definition) is 0. The molecule has 0 fully saturated rings. The summed E-state index contributed by atoms with van der Waals surface area (Å²) in [7, 11) is 0. The molecule has 0 rings (SSSR count). The molecule has 0 nitrogen and oxygen atoms in total. The summed E-state index contributed by atoms with van der Waals surface area (Å²) in [6.45, 7) is 5.93. The second-order valence-electron chi connectivity index (χ2n) is 4.83. The van der Waals surface area contributed by atoms with Gasteiger partial charge in [0, 0.05) is 0 Å². The van der Waals surface area contributed by atoms with Gasteiger partial charge in [0.15, 0.2) is 0 Å². The van der Waals surface area contributed by atoms with Gasteiger partial charge < -0.3 is 0 Å². The van der Waals surface area contributed by atoms with Crippen LogP contribution in [-0.4, -0.2) is 0 Å². The fourth-order valence-corrected chi connectivity index (χ4v) is 2.00. The highest BCUT2D eigenvalue weighted by atomic mass is 14.0. The van der Waals surface area contributed by atoms with Crippen molar-refractivity contribution in [3.8, 4) is 0 Å². The van der Waals surface area contributed by atoms with Gasteiger partial charge in [-0.2, -0.15) is 0 Å². The molecule has 0 aliphatic rings. The Balaban J connectivity index is 2.98. The van der Waals surface area contributed by atoms with Crippen LogP contribution in [0.1, 0.15) is 77.6 Å². The summed E-state index contributed by atoms with van der Waals surface area (Å²) < 4.78 is 0. The highest BCUT2D eigenvalue weighted by molar-refractivity contribution is 5.03. The molecule has 17 heavy (non-hydrogen) atoms. The van der Waals surface area contributed by atoms with E-state index in [0.29, 0.717) is 0 Å². The quantitative estimate of drug-likeness (QED) is 0.277. The number of unbranched alkanes of at least 4 members (excludes halogenated alkanes) is 10. The maximum Gasteiger partial charge on any atom is -0.0313 e. The molecule has 0 saturated heterocycles. The molecule has 0 aromatic heterocycles. The third kappa shape index (κ3) is 15.5. The highest BCUT2D eigenvalue weighted by Gasteiger charge is 1.91. The van der Waals surface area contributed by atoms with Gasteiger partial charge in [0.1, 0.15) is 0 Å². The summed E-state index contributed by atoms with van der Waals surface area (Å²) in [5.74, 6) is 0. The molecule has 0 bridgehead atoms. The summed E-state index contributed by atoms with van der Waals surface area (Å²) in [6.07, 6.45) is 23.6. The fourth-order valence-electron chi connectivity index (χ4n) is 2.00. The fraction of sp³-hybridized carbons (Fsp3) is 0.706. The van der Waals surface area contributed by atoms with E-state index in [4.69, 9.17) is 0 Å². The third-order valence-electron chi connectivity index (χ3n) is 3.11. The first-order valence-electron chi connectivity index (χ1n) is 7.52. The zero-order chi connectivity index (χ0) is 12.6. The van der Waals surface area contributed by atoms with Crippen LogP contribution in [0, 0.1) is 6.92 Å². The van der Waals surface area contributed by atoms with Crippen LogP contribution in [-0.2, 0) is 0 Å². The number of rotatable bonds is 12.